The van der Waals surface area contributed by atoms with Crippen molar-refractivity contribution in [3.05, 3.63) is 52.8 Å². The van der Waals surface area contributed by atoms with Crippen LogP contribution in [0.1, 0.15) is 54.1 Å². The Morgan fingerprint density at radius 3 is 2.93 bits per heavy atom. The fourth-order valence-corrected chi connectivity index (χ4v) is 4.29. The maximum Gasteiger partial charge on any atom is 0.303 e. The van der Waals surface area contributed by atoms with E-state index in [1.807, 2.05) is 15.6 Å². The summed E-state index contributed by atoms with van der Waals surface area (Å²) in [6.45, 7) is 2.09. The molecule has 1 atom stereocenters. The molecule has 0 saturated carbocycles. The summed E-state index contributed by atoms with van der Waals surface area (Å²) < 4.78 is 1.94. The van der Waals surface area contributed by atoms with Crippen LogP contribution in [-0.2, 0) is 35.5 Å². The van der Waals surface area contributed by atoms with Gasteiger partial charge in [-0.15, -0.1) is 0 Å². The standard InChI is InChI=1S/C21H25N3O3/c25-20(12-16-7-6-15-4-1-2-5-19(15)16)23-10-3-11-24-18(14-23)13-17(22-24)8-9-21(26)27/h1-2,4-5,13,16H,3,6-12,14H2,(H,26,27)/t16-/m0/s1. The zero-order valence-corrected chi connectivity index (χ0v) is 15.4. The highest BCUT2D eigenvalue weighted by molar-refractivity contribution is 5.77. The van der Waals surface area contributed by atoms with Crippen LogP contribution in [0.2, 0.25) is 0 Å². The van der Waals surface area contributed by atoms with Gasteiger partial charge < -0.3 is 10.0 Å². The number of aromatic nitrogens is 2. The van der Waals surface area contributed by atoms with Crippen LogP contribution in [0.3, 0.4) is 0 Å². The SMILES string of the molecule is O=C(O)CCc1cc2n(n1)CCCN(C(=O)C[C@@H]1CCc3ccccc31)C2. The van der Waals surface area contributed by atoms with Crippen LogP contribution in [0.15, 0.2) is 30.3 Å². The van der Waals surface area contributed by atoms with Gasteiger partial charge in [-0.25, -0.2) is 0 Å². The largest absolute Gasteiger partial charge is 0.481 e. The summed E-state index contributed by atoms with van der Waals surface area (Å²) >= 11 is 0. The Bertz CT molecular complexity index is 858. The van der Waals surface area contributed by atoms with E-state index < -0.39 is 5.97 Å². The number of hydrogen-bond donors (Lipinski definition) is 1. The van der Waals surface area contributed by atoms with Gasteiger partial charge in [0, 0.05) is 25.9 Å². The maximum absolute atomic E-state index is 13.0. The van der Waals surface area contributed by atoms with Gasteiger partial charge in [0.05, 0.1) is 24.4 Å². The average Bonchev–Trinajstić information content (AvgIpc) is 3.18. The zero-order valence-electron chi connectivity index (χ0n) is 15.4. The molecule has 1 aliphatic carbocycles. The lowest BCUT2D eigenvalue weighted by Gasteiger charge is -2.22. The molecule has 0 fully saturated rings. The quantitative estimate of drug-likeness (QED) is 0.882. The van der Waals surface area contributed by atoms with E-state index in [4.69, 9.17) is 5.11 Å². The van der Waals surface area contributed by atoms with Gasteiger partial charge in [0.25, 0.3) is 0 Å². The first kappa shape index (κ1) is 17.8. The van der Waals surface area contributed by atoms with Crippen LogP contribution >= 0.6 is 0 Å². The summed E-state index contributed by atoms with van der Waals surface area (Å²) in [4.78, 5) is 25.7. The molecule has 0 radical (unpaired) electrons. The van der Waals surface area contributed by atoms with Crippen molar-refractivity contribution in [3.8, 4) is 0 Å². The van der Waals surface area contributed by atoms with Gasteiger partial charge in [-0.3, -0.25) is 14.3 Å². The van der Waals surface area contributed by atoms with Crippen LogP contribution in [0, 0.1) is 0 Å². The fraction of sp³-hybridized carbons (Fsp3) is 0.476. The van der Waals surface area contributed by atoms with Crippen LogP contribution in [0.5, 0.6) is 0 Å². The number of carbonyl (C=O) groups is 2. The second kappa shape index (κ2) is 7.55. The molecule has 0 saturated heterocycles. The second-order valence-corrected chi connectivity index (χ2v) is 7.55. The molecule has 0 unspecified atom stereocenters. The third-order valence-electron chi connectivity index (χ3n) is 5.69. The summed E-state index contributed by atoms with van der Waals surface area (Å²) in [5.74, 6) is -0.279. The number of amides is 1. The predicted molar refractivity (Wildman–Crippen MR) is 100 cm³/mol. The van der Waals surface area contributed by atoms with E-state index in [0.29, 0.717) is 25.3 Å². The number of carboxylic acid groups (broad SMARTS) is 1. The number of benzene rings is 1. The van der Waals surface area contributed by atoms with E-state index in [2.05, 4.69) is 29.4 Å². The smallest absolute Gasteiger partial charge is 0.303 e. The van der Waals surface area contributed by atoms with Crippen molar-refractivity contribution in [1.82, 2.24) is 14.7 Å². The highest BCUT2D eigenvalue weighted by atomic mass is 16.4. The lowest BCUT2D eigenvalue weighted by molar-refractivity contribution is -0.137. The van der Waals surface area contributed by atoms with Crippen molar-refractivity contribution in [2.75, 3.05) is 6.54 Å². The molecule has 6 heteroatoms. The topological polar surface area (TPSA) is 75.4 Å². The molecule has 2 aliphatic rings. The van der Waals surface area contributed by atoms with Gasteiger partial charge in [0.15, 0.2) is 0 Å². The molecule has 1 aromatic carbocycles. The number of fused-ring (bicyclic) bond motifs is 2. The zero-order chi connectivity index (χ0) is 18.8. The average molecular weight is 367 g/mol. The molecule has 4 rings (SSSR count). The van der Waals surface area contributed by atoms with Gasteiger partial charge in [0.2, 0.25) is 5.91 Å². The highest BCUT2D eigenvalue weighted by Gasteiger charge is 2.27. The van der Waals surface area contributed by atoms with E-state index >= 15 is 0 Å². The second-order valence-electron chi connectivity index (χ2n) is 7.55. The number of aliphatic carboxylic acids is 1. The molecule has 27 heavy (non-hydrogen) atoms. The number of nitrogens with zero attached hydrogens (tertiary/aromatic N) is 3. The Morgan fingerprint density at radius 2 is 2.07 bits per heavy atom. The molecule has 2 heterocycles. The summed E-state index contributed by atoms with van der Waals surface area (Å²) in [7, 11) is 0. The summed E-state index contributed by atoms with van der Waals surface area (Å²) in [5.41, 5.74) is 4.52. The fourth-order valence-electron chi connectivity index (χ4n) is 4.29. The number of carboxylic acids is 1. The third kappa shape index (κ3) is 3.89. The molecule has 1 aromatic heterocycles. The maximum atomic E-state index is 13.0. The molecule has 0 bridgehead atoms. The molecule has 1 aliphatic heterocycles. The van der Waals surface area contributed by atoms with Crippen molar-refractivity contribution < 1.29 is 14.7 Å². The molecule has 6 nitrogen and oxygen atoms in total. The van der Waals surface area contributed by atoms with Crippen molar-refractivity contribution in [2.45, 2.75) is 57.5 Å². The molecule has 0 spiro atoms. The Balaban J connectivity index is 1.42. The van der Waals surface area contributed by atoms with E-state index in [1.165, 1.54) is 11.1 Å². The Morgan fingerprint density at radius 1 is 1.22 bits per heavy atom. The molecular weight excluding hydrogens is 342 g/mol. The van der Waals surface area contributed by atoms with E-state index in [-0.39, 0.29) is 12.3 Å². The minimum atomic E-state index is -0.813. The minimum Gasteiger partial charge on any atom is -0.481 e. The lowest BCUT2D eigenvalue weighted by atomic mass is 9.97. The normalized spacial score (nSPS) is 18.7. The minimum absolute atomic E-state index is 0.0835. The van der Waals surface area contributed by atoms with Crippen molar-refractivity contribution in [3.63, 3.8) is 0 Å². The summed E-state index contributed by atoms with van der Waals surface area (Å²) in [6, 6.07) is 10.4. The van der Waals surface area contributed by atoms with Crippen LogP contribution in [0.4, 0.5) is 0 Å². The Labute approximate surface area is 158 Å². The number of hydrogen-bond acceptors (Lipinski definition) is 3. The van der Waals surface area contributed by atoms with Gasteiger partial charge >= 0.3 is 5.97 Å². The third-order valence-corrected chi connectivity index (χ3v) is 5.69. The first-order valence-corrected chi connectivity index (χ1v) is 9.73. The lowest BCUT2D eigenvalue weighted by Crippen LogP contribution is -2.31. The van der Waals surface area contributed by atoms with E-state index in [1.54, 1.807) is 0 Å². The van der Waals surface area contributed by atoms with Crippen molar-refractivity contribution in [2.24, 2.45) is 0 Å². The Kier molecular flexibility index (Phi) is 4.97. The van der Waals surface area contributed by atoms with Crippen molar-refractivity contribution in [1.29, 1.82) is 0 Å². The first-order valence-electron chi connectivity index (χ1n) is 9.73. The molecular formula is C21H25N3O3. The monoisotopic (exact) mass is 367 g/mol. The summed E-state index contributed by atoms with van der Waals surface area (Å²) in [5, 5.41) is 13.4. The van der Waals surface area contributed by atoms with Gasteiger partial charge in [-0.2, -0.15) is 5.10 Å². The van der Waals surface area contributed by atoms with Crippen LogP contribution < -0.4 is 0 Å². The van der Waals surface area contributed by atoms with Gasteiger partial charge in [-0.1, -0.05) is 24.3 Å². The van der Waals surface area contributed by atoms with Crippen LogP contribution in [0.25, 0.3) is 0 Å². The molecule has 2 aromatic rings. The number of carbonyl (C=O) groups excluding carboxylic acids is 1. The number of rotatable bonds is 5. The van der Waals surface area contributed by atoms with Gasteiger partial charge in [-0.05, 0) is 42.4 Å². The molecule has 1 N–H and O–H groups in total. The van der Waals surface area contributed by atoms with Crippen molar-refractivity contribution >= 4 is 11.9 Å². The molecule has 142 valence electrons. The summed E-state index contributed by atoms with van der Waals surface area (Å²) in [6.07, 6.45) is 4.07. The number of aryl methyl sites for hydroxylation is 3. The van der Waals surface area contributed by atoms with Crippen LogP contribution in [-0.4, -0.2) is 38.2 Å². The Hall–Kier alpha value is -2.63. The first-order chi connectivity index (χ1) is 13.1. The van der Waals surface area contributed by atoms with E-state index in [9.17, 15) is 9.59 Å². The van der Waals surface area contributed by atoms with Gasteiger partial charge in [0.1, 0.15) is 0 Å². The molecule has 1 amide bonds. The highest BCUT2D eigenvalue weighted by Crippen LogP contribution is 2.35. The predicted octanol–water partition coefficient (Wildman–Crippen LogP) is 2.75. The van der Waals surface area contributed by atoms with E-state index in [0.717, 1.165) is 43.7 Å².